The lowest BCUT2D eigenvalue weighted by Crippen LogP contribution is -2.28. The first-order valence-electron chi connectivity index (χ1n) is 10.3. The van der Waals surface area contributed by atoms with Gasteiger partial charge in [0.1, 0.15) is 11.9 Å². The van der Waals surface area contributed by atoms with Crippen LogP contribution in [0.3, 0.4) is 0 Å². The number of hydrogen-bond donors (Lipinski definition) is 2. The maximum atomic E-state index is 12.7. The first kappa shape index (κ1) is 20.9. The summed E-state index contributed by atoms with van der Waals surface area (Å²) in [6, 6.07) is 14.1. The first-order valence-corrected chi connectivity index (χ1v) is 10.3. The molecule has 3 amide bonds. The number of nitrogens with zero attached hydrogens (tertiary/aromatic N) is 1. The third-order valence-corrected chi connectivity index (χ3v) is 5.50. The van der Waals surface area contributed by atoms with Crippen LogP contribution in [0.25, 0.3) is 0 Å². The molecule has 8 heteroatoms. The number of rotatable bonds is 6. The van der Waals surface area contributed by atoms with Gasteiger partial charge in [0.15, 0.2) is 0 Å². The molecule has 0 saturated carbocycles. The van der Waals surface area contributed by atoms with Crippen LogP contribution in [-0.4, -0.2) is 44.1 Å². The second-order valence-corrected chi connectivity index (χ2v) is 7.66. The van der Waals surface area contributed by atoms with Gasteiger partial charge in [0.25, 0.3) is 5.91 Å². The molecule has 2 N–H and O–H groups in total. The fourth-order valence-electron chi connectivity index (χ4n) is 3.80. The summed E-state index contributed by atoms with van der Waals surface area (Å²) < 4.78 is 10.6. The molecule has 162 valence electrons. The summed E-state index contributed by atoms with van der Waals surface area (Å²) in [6.07, 6.45) is 1.37. The number of nitrogens with one attached hydrogen (secondary N) is 2. The van der Waals surface area contributed by atoms with Gasteiger partial charge in [0.05, 0.1) is 13.0 Å². The van der Waals surface area contributed by atoms with Gasteiger partial charge in [-0.3, -0.25) is 14.4 Å². The highest BCUT2D eigenvalue weighted by Crippen LogP contribution is 2.28. The highest BCUT2D eigenvalue weighted by molar-refractivity contribution is 6.03. The van der Waals surface area contributed by atoms with Crippen molar-refractivity contribution in [2.24, 2.45) is 5.92 Å². The monoisotopic (exact) mass is 423 g/mol. The minimum absolute atomic E-state index is 0.0967. The van der Waals surface area contributed by atoms with E-state index in [1.54, 1.807) is 48.4 Å². The van der Waals surface area contributed by atoms with Gasteiger partial charge in [0.2, 0.25) is 11.8 Å². The summed E-state index contributed by atoms with van der Waals surface area (Å²) in [4.78, 5) is 38.9. The number of hydrogen-bond acceptors (Lipinski definition) is 5. The number of methoxy groups -OCH3 is 1. The number of anilines is 3. The van der Waals surface area contributed by atoms with Crippen molar-refractivity contribution in [3.63, 3.8) is 0 Å². The van der Waals surface area contributed by atoms with Gasteiger partial charge in [-0.05, 0) is 49.2 Å². The van der Waals surface area contributed by atoms with Gasteiger partial charge < -0.3 is 25.0 Å². The van der Waals surface area contributed by atoms with E-state index in [2.05, 4.69) is 10.6 Å². The molecule has 2 aromatic rings. The Bertz CT molecular complexity index is 969. The minimum atomic E-state index is -0.447. The SMILES string of the molecule is COc1cccc(N2CC(C(=O)Nc3ccc(NC(=O)C4CCCO4)cc3)CC2=O)c1. The second kappa shape index (κ2) is 9.18. The Labute approximate surface area is 180 Å². The first-order chi connectivity index (χ1) is 15.0. The molecule has 0 bridgehead atoms. The van der Waals surface area contributed by atoms with Crippen LogP contribution in [0.4, 0.5) is 17.1 Å². The van der Waals surface area contributed by atoms with E-state index in [1.165, 1.54) is 0 Å². The summed E-state index contributed by atoms with van der Waals surface area (Å²) in [7, 11) is 1.57. The van der Waals surface area contributed by atoms with Crippen LogP contribution in [0.1, 0.15) is 19.3 Å². The van der Waals surface area contributed by atoms with Gasteiger partial charge >= 0.3 is 0 Å². The summed E-state index contributed by atoms with van der Waals surface area (Å²) in [5, 5.41) is 5.68. The van der Waals surface area contributed by atoms with E-state index < -0.39 is 12.0 Å². The zero-order chi connectivity index (χ0) is 21.8. The van der Waals surface area contributed by atoms with Crippen LogP contribution in [0.15, 0.2) is 48.5 Å². The molecule has 0 aliphatic carbocycles. The molecule has 2 unspecified atom stereocenters. The Hall–Kier alpha value is -3.39. The van der Waals surface area contributed by atoms with E-state index in [4.69, 9.17) is 9.47 Å². The van der Waals surface area contributed by atoms with E-state index in [9.17, 15) is 14.4 Å². The molecule has 2 fully saturated rings. The minimum Gasteiger partial charge on any atom is -0.497 e. The van der Waals surface area contributed by atoms with Crippen LogP contribution >= 0.6 is 0 Å². The third kappa shape index (κ3) is 4.86. The molecule has 4 rings (SSSR count). The average Bonchev–Trinajstić information content (AvgIpc) is 3.45. The number of benzene rings is 2. The lowest BCUT2D eigenvalue weighted by molar-refractivity contribution is -0.124. The van der Waals surface area contributed by atoms with Crippen LogP contribution in [0.2, 0.25) is 0 Å². The topological polar surface area (TPSA) is 97.0 Å². The van der Waals surface area contributed by atoms with Crippen molar-refractivity contribution in [3.05, 3.63) is 48.5 Å². The largest absolute Gasteiger partial charge is 0.497 e. The number of amides is 3. The fourth-order valence-corrected chi connectivity index (χ4v) is 3.80. The number of carbonyl (C=O) groups is 3. The van der Waals surface area contributed by atoms with Crippen molar-refractivity contribution in [1.29, 1.82) is 0 Å². The summed E-state index contributed by atoms with van der Waals surface area (Å²) >= 11 is 0. The molecule has 2 aliphatic rings. The Morgan fingerprint density at radius 1 is 1.06 bits per heavy atom. The third-order valence-electron chi connectivity index (χ3n) is 5.50. The maximum absolute atomic E-state index is 12.7. The predicted molar refractivity (Wildman–Crippen MR) is 116 cm³/mol. The smallest absolute Gasteiger partial charge is 0.253 e. The van der Waals surface area contributed by atoms with Gasteiger partial charge in [-0.1, -0.05) is 6.07 Å². The predicted octanol–water partition coefficient (Wildman–Crippen LogP) is 2.80. The lowest BCUT2D eigenvalue weighted by atomic mass is 10.1. The molecule has 2 saturated heterocycles. The molecule has 2 heterocycles. The van der Waals surface area contributed by atoms with Crippen LogP contribution in [-0.2, 0) is 19.1 Å². The highest BCUT2D eigenvalue weighted by Gasteiger charge is 2.35. The summed E-state index contributed by atoms with van der Waals surface area (Å²) in [6.45, 7) is 0.926. The molecular weight excluding hydrogens is 398 g/mol. The molecule has 2 aromatic carbocycles. The van der Waals surface area contributed by atoms with E-state index in [-0.39, 0.29) is 24.1 Å². The van der Waals surface area contributed by atoms with Crippen molar-refractivity contribution < 1.29 is 23.9 Å². The fraction of sp³-hybridized carbons (Fsp3) is 0.348. The zero-order valence-electron chi connectivity index (χ0n) is 17.3. The van der Waals surface area contributed by atoms with Crippen molar-refractivity contribution in [1.82, 2.24) is 0 Å². The molecule has 0 spiro atoms. The second-order valence-electron chi connectivity index (χ2n) is 7.66. The summed E-state index contributed by atoms with van der Waals surface area (Å²) in [5.41, 5.74) is 1.96. The number of carbonyl (C=O) groups excluding carboxylic acids is 3. The average molecular weight is 423 g/mol. The van der Waals surface area contributed by atoms with Crippen molar-refractivity contribution in [2.75, 3.05) is 35.8 Å². The molecule has 31 heavy (non-hydrogen) atoms. The van der Waals surface area contributed by atoms with Crippen molar-refractivity contribution in [3.8, 4) is 5.75 Å². The van der Waals surface area contributed by atoms with E-state index >= 15 is 0 Å². The standard InChI is InChI=1S/C23H25N3O5/c1-30-19-5-2-4-18(13-19)26-14-15(12-21(26)27)22(28)24-16-7-9-17(10-8-16)25-23(29)20-6-3-11-31-20/h2,4-5,7-10,13,15,20H,3,6,11-12,14H2,1H3,(H,24,28)(H,25,29). The van der Waals surface area contributed by atoms with Crippen molar-refractivity contribution in [2.45, 2.75) is 25.4 Å². The van der Waals surface area contributed by atoms with Crippen LogP contribution in [0, 0.1) is 5.92 Å². The van der Waals surface area contributed by atoms with Gasteiger partial charge in [-0.15, -0.1) is 0 Å². The Morgan fingerprint density at radius 2 is 1.77 bits per heavy atom. The van der Waals surface area contributed by atoms with E-state index in [0.29, 0.717) is 36.0 Å². The molecule has 0 radical (unpaired) electrons. The number of ether oxygens (including phenoxy) is 2. The summed E-state index contributed by atoms with van der Waals surface area (Å²) in [5.74, 6) is -0.255. The van der Waals surface area contributed by atoms with Gasteiger partial charge in [-0.25, -0.2) is 0 Å². The van der Waals surface area contributed by atoms with E-state index in [1.807, 2.05) is 12.1 Å². The Kier molecular flexibility index (Phi) is 6.18. The van der Waals surface area contributed by atoms with Crippen molar-refractivity contribution >= 4 is 34.8 Å². The normalized spacial score (nSPS) is 20.5. The van der Waals surface area contributed by atoms with Gasteiger partial charge in [0, 0.05) is 42.7 Å². The Balaban J connectivity index is 1.33. The lowest BCUT2D eigenvalue weighted by Gasteiger charge is -2.17. The maximum Gasteiger partial charge on any atom is 0.253 e. The van der Waals surface area contributed by atoms with Crippen LogP contribution < -0.4 is 20.3 Å². The Morgan fingerprint density at radius 3 is 2.42 bits per heavy atom. The van der Waals surface area contributed by atoms with Gasteiger partial charge in [-0.2, -0.15) is 0 Å². The zero-order valence-corrected chi connectivity index (χ0v) is 17.3. The molecule has 2 atom stereocenters. The highest BCUT2D eigenvalue weighted by atomic mass is 16.5. The molecule has 8 nitrogen and oxygen atoms in total. The van der Waals surface area contributed by atoms with Crippen LogP contribution in [0.5, 0.6) is 5.75 Å². The quantitative estimate of drug-likeness (QED) is 0.745. The molecule has 2 aliphatic heterocycles. The molecular formula is C23H25N3O5. The van der Waals surface area contributed by atoms with E-state index in [0.717, 1.165) is 12.8 Å². The molecule has 0 aromatic heterocycles.